The summed E-state index contributed by atoms with van der Waals surface area (Å²) in [6.45, 7) is 8.14. The number of methoxy groups -OCH3 is 2. The number of nitrogens with zero attached hydrogens (tertiary/aromatic N) is 3. The normalized spacial score (nSPS) is 14.1. The second-order valence-electron chi connectivity index (χ2n) is 7.04. The minimum absolute atomic E-state index is 0.0685. The molecule has 27 heavy (non-hydrogen) atoms. The number of fused-ring (bicyclic) bond motifs is 1. The van der Waals surface area contributed by atoms with Crippen molar-refractivity contribution in [2.45, 2.75) is 40.0 Å². The van der Waals surface area contributed by atoms with Crippen LogP contribution in [0.25, 0.3) is 0 Å². The van der Waals surface area contributed by atoms with E-state index in [2.05, 4.69) is 47.4 Å². The van der Waals surface area contributed by atoms with Crippen LogP contribution in [-0.4, -0.2) is 48.0 Å². The number of hydrogen-bond donors (Lipinski definition) is 1. The van der Waals surface area contributed by atoms with Crippen molar-refractivity contribution in [2.75, 3.05) is 27.4 Å². The smallest absolute Gasteiger partial charge is 0.246 e. The number of carbonyl (C=O) groups excluding carboxylic acids is 1. The summed E-state index contributed by atoms with van der Waals surface area (Å²) in [6, 6.07) is 6.42. The Morgan fingerprint density at radius 1 is 1.22 bits per heavy atom. The van der Waals surface area contributed by atoms with Crippen LogP contribution in [0, 0.1) is 13.8 Å². The van der Waals surface area contributed by atoms with Crippen molar-refractivity contribution in [3.05, 3.63) is 46.3 Å². The van der Waals surface area contributed by atoms with Crippen LogP contribution in [0.5, 0.6) is 5.75 Å². The molecule has 0 aliphatic carbocycles. The SMILES string of the molecule is COCC(=O)NCc1cc2n(n1)CCN(Cc1cc(C)cc(C)c1OC)C2. The Morgan fingerprint density at radius 3 is 2.78 bits per heavy atom. The zero-order valence-electron chi connectivity index (χ0n) is 16.5. The second-order valence-corrected chi connectivity index (χ2v) is 7.04. The summed E-state index contributed by atoms with van der Waals surface area (Å²) in [5.74, 6) is 0.841. The van der Waals surface area contributed by atoms with Gasteiger partial charge in [-0.2, -0.15) is 5.10 Å². The molecule has 2 aromatic rings. The lowest BCUT2D eigenvalue weighted by molar-refractivity contribution is -0.124. The first-order valence-electron chi connectivity index (χ1n) is 9.18. The van der Waals surface area contributed by atoms with Crippen LogP contribution >= 0.6 is 0 Å². The number of hydrogen-bond acceptors (Lipinski definition) is 5. The first kappa shape index (κ1) is 19.4. The molecule has 0 saturated heterocycles. The van der Waals surface area contributed by atoms with Gasteiger partial charge in [-0.25, -0.2) is 0 Å². The van der Waals surface area contributed by atoms with E-state index < -0.39 is 0 Å². The van der Waals surface area contributed by atoms with Crippen molar-refractivity contribution in [3.8, 4) is 5.75 Å². The van der Waals surface area contributed by atoms with Crippen LogP contribution in [0.4, 0.5) is 0 Å². The molecule has 0 saturated carbocycles. The third-order valence-electron chi connectivity index (χ3n) is 4.76. The average Bonchev–Trinajstić information content (AvgIpc) is 3.02. The van der Waals surface area contributed by atoms with E-state index in [1.54, 1.807) is 7.11 Å². The van der Waals surface area contributed by atoms with Gasteiger partial charge >= 0.3 is 0 Å². The van der Waals surface area contributed by atoms with Crippen molar-refractivity contribution in [1.29, 1.82) is 0 Å². The van der Waals surface area contributed by atoms with E-state index in [9.17, 15) is 4.79 Å². The maximum absolute atomic E-state index is 11.5. The van der Waals surface area contributed by atoms with Gasteiger partial charge in [-0.3, -0.25) is 14.4 Å². The third-order valence-corrected chi connectivity index (χ3v) is 4.76. The van der Waals surface area contributed by atoms with Crippen molar-refractivity contribution in [2.24, 2.45) is 0 Å². The molecule has 7 nitrogen and oxygen atoms in total. The number of rotatable bonds is 7. The fourth-order valence-corrected chi connectivity index (χ4v) is 3.67. The van der Waals surface area contributed by atoms with Crippen LogP contribution in [0.15, 0.2) is 18.2 Å². The van der Waals surface area contributed by atoms with Gasteiger partial charge in [0.05, 0.1) is 31.6 Å². The minimum atomic E-state index is -0.132. The lowest BCUT2D eigenvalue weighted by Crippen LogP contribution is -2.33. The largest absolute Gasteiger partial charge is 0.496 e. The molecule has 0 radical (unpaired) electrons. The number of carbonyl (C=O) groups is 1. The molecule has 7 heteroatoms. The summed E-state index contributed by atoms with van der Waals surface area (Å²) in [7, 11) is 3.24. The van der Waals surface area contributed by atoms with E-state index in [1.165, 1.54) is 29.5 Å². The van der Waals surface area contributed by atoms with Gasteiger partial charge in [-0.1, -0.05) is 17.7 Å². The van der Waals surface area contributed by atoms with Gasteiger partial charge < -0.3 is 14.8 Å². The molecule has 146 valence electrons. The van der Waals surface area contributed by atoms with E-state index in [4.69, 9.17) is 9.47 Å². The molecule has 0 atom stereocenters. The molecule has 2 heterocycles. The van der Waals surface area contributed by atoms with Gasteiger partial charge in [-0.15, -0.1) is 0 Å². The third kappa shape index (κ3) is 4.67. The van der Waals surface area contributed by atoms with Gasteiger partial charge in [0.1, 0.15) is 12.4 Å². The predicted octanol–water partition coefficient (Wildman–Crippen LogP) is 1.79. The molecular weight excluding hydrogens is 344 g/mol. The molecule has 1 amide bonds. The quantitative estimate of drug-likeness (QED) is 0.803. The zero-order chi connectivity index (χ0) is 19.4. The molecule has 0 fully saturated rings. The van der Waals surface area contributed by atoms with Gasteiger partial charge in [0.25, 0.3) is 0 Å². The first-order valence-corrected chi connectivity index (χ1v) is 9.18. The highest BCUT2D eigenvalue weighted by molar-refractivity contribution is 5.77. The number of ether oxygens (including phenoxy) is 2. The predicted molar refractivity (Wildman–Crippen MR) is 103 cm³/mol. The summed E-state index contributed by atoms with van der Waals surface area (Å²) in [4.78, 5) is 13.9. The highest BCUT2D eigenvalue weighted by atomic mass is 16.5. The Bertz CT molecular complexity index is 816. The van der Waals surface area contributed by atoms with E-state index in [1.807, 2.05) is 4.68 Å². The monoisotopic (exact) mass is 372 g/mol. The number of benzene rings is 1. The van der Waals surface area contributed by atoms with E-state index >= 15 is 0 Å². The first-order chi connectivity index (χ1) is 13.0. The van der Waals surface area contributed by atoms with Crippen LogP contribution in [0.1, 0.15) is 28.1 Å². The highest BCUT2D eigenvalue weighted by Crippen LogP contribution is 2.27. The van der Waals surface area contributed by atoms with Crippen LogP contribution in [0.3, 0.4) is 0 Å². The number of amides is 1. The zero-order valence-corrected chi connectivity index (χ0v) is 16.5. The standard InChI is InChI=1S/C20H28N4O3/c1-14-7-15(2)20(27-4)16(8-14)11-23-5-6-24-18(12-23)9-17(22-24)10-21-19(25)13-26-3/h7-9H,5-6,10-13H2,1-4H3,(H,21,25). The Labute approximate surface area is 160 Å². The Hall–Kier alpha value is -2.38. The van der Waals surface area contributed by atoms with Gasteiger partial charge in [0, 0.05) is 32.3 Å². The molecular formula is C20H28N4O3. The van der Waals surface area contributed by atoms with E-state index in [0.717, 1.165) is 37.6 Å². The maximum Gasteiger partial charge on any atom is 0.246 e. The van der Waals surface area contributed by atoms with Crippen molar-refractivity contribution in [1.82, 2.24) is 20.0 Å². The Balaban J connectivity index is 1.66. The summed E-state index contributed by atoms with van der Waals surface area (Å²) < 4.78 is 12.5. The molecule has 1 aromatic carbocycles. The minimum Gasteiger partial charge on any atom is -0.496 e. The summed E-state index contributed by atoms with van der Waals surface area (Å²) in [5, 5.41) is 7.41. The molecule has 1 aliphatic heterocycles. The lowest BCUT2D eigenvalue weighted by atomic mass is 10.0. The van der Waals surface area contributed by atoms with E-state index in [-0.39, 0.29) is 12.5 Å². The average molecular weight is 372 g/mol. The Morgan fingerprint density at radius 2 is 2.04 bits per heavy atom. The molecule has 1 aliphatic rings. The molecule has 1 aromatic heterocycles. The van der Waals surface area contributed by atoms with Crippen LogP contribution in [-0.2, 0) is 35.7 Å². The molecule has 3 rings (SSSR count). The van der Waals surface area contributed by atoms with E-state index in [0.29, 0.717) is 6.54 Å². The van der Waals surface area contributed by atoms with Gasteiger partial charge in [-0.05, 0) is 25.5 Å². The number of aromatic nitrogens is 2. The summed E-state index contributed by atoms with van der Waals surface area (Å²) in [5.41, 5.74) is 5.68. The van der Waals surface area contributed by atoms with Crippen molar-refractivity contribution < 1.29 is 14.3 Å². The fourth-order valence-electron chi connectivity index (χ4n) is 3.67. The molecule has 0 spiro atoms. The van der Waals surface area contributed by atoms with Gasteiger partial charge in [0.15, 0.2) is 0 Å². The summed E-state index contributed by atoms with van der Waals surface area (Å²) in [6.07, 6.45) is 0. The number of nitrogens with one attached hydrogen (secondary N) is 1. The van der Waals surface area contributed by atoms with Crippen LogP contribution < -0.4 is 10.1 Å². The topological polar surface area (TPSA) is 68.6 Å². The number of aryl methyl sites for hydroxylation is 2. The lowest BCUT2D eigenvalue weighted by Gasteiger charge is -2.28. The second kappa shape index (κ2) is 8.54. The van der Waals surface area contributed by atoms with Crippen LogP contribution in [0.2, 0.25) is 0 Å². The summed E-state index contributed by atoms with van der Waals surface area (Å²) >= 11 is 0. The molecule has 1 N–H and O–H groups in total. The maximum atomic E-state index is 11.5. The fraction of sp³-hybridized carbons (Fsp3) is 0.500. The molecule has 0 unspecified atom stereocenters. The van der Waals surface area contributed by atoms with Crippen molar-refractivity contribution in [3.63, 3.8) is 0 Å². The highest BCUT2D eigenvalue weighted by Gasteiger charge is 2.20. The van der Waals surface area contributed by atoms with Crippen molar-refractivity contribution >= 4 is 5.91 Å². The molecule has 0 bridgehead atoms. The van der Waals surface area contributed by atoms with Gasteiger partial charge in [0.2, 0.25) is 5.91 Å². The Kier molecular flexibility index (Phi) is 6.13.